The van der Waals surface area contributed by atoms with Crippen molar-refractivity contribution >= 4 is 0 Å². The molecule has 2 rings (SSSR count). The number of benzene rings is 1. The van der Waals surface area contributed by atoms with Gasteiger partial charge >= 0.3 is 0 Å². The molecule has 1 nitrogen and oxygen atoms in total. The second-order valence-electron chi connectivity index (χ2n) is 5.72. The highest BCUT2D eigenvalue weighted by atomic mass is 16.3. The van der Waals surface area contributed by atoms with E-state index >= 15 is 0 Å². The standard InChI is InChI=1S/C16H24O/c1-12(2)16(17)10-9-13-5-3-8-15(11-13)14-6-4-7-14/h3,5,8,11-12,14,16-17H,4,6-7,9-10H2,1-2H3. The molecule has 1 N–H and O–H groups in total. The van der Waals surface area contributed by atoms with Gasteiger partial charge in [-0.2, -0.15) is 0 Å². The van der Waals surface area contributed by atoms with Crippen LogP contribution in [0, 0.1) is 5.92 Å². The second-order valence-corrected chi connectivity index (χ2v) is 5.72. The summed E-state index contributed by atoms with van der Waals surface area (Å²) in [6.07, 6.45) is 5.82. The Balaban J connectivity index is 1.92. The Bertz CT molecular complexity index is 352. The molecule has 0 bridgehead atoms. The summed E-state index contributed by atoms with van der Waals surface area (Å²) < 4.78 is 0. The highest BCUT2D eigenvalue weighted by molar-refractivity contribution is 5.27. The molecule has 1 fully saturated rings. The predicted molar refractivity (Wildman–Crippen MR) is 72.2 cm³/mol. The maximum Gasteiger partial charge on any atom is 0.0566 e. The van der Waals surface area contributed by atoms with Crippen molar-refractivity contribution in [3.05, 3.63) is 35.4 Å². The molecule has 1 aliphatic carbocycles. The molecule has 94 valence electrons. The van der Waals surface area contributed by atoms with Crippen molar-refractivity contribution in [2.75, 3.05) is 0 Å². The van der Waals surface area contributed by atoms with Gasteiger partial charge in [-0.3, -0.25) is 0 Å². The maximum absolute atomic E-state index is 9.82. The quantitative estimate of drug-likeness (QED) is 0.816. The van der Waals surface area contributed by atoms with E-state index in [4.69, 9.17) is 0 Å². The Morgan fingerprint density at radius 1 is 1.29 bits per heavy atom. The molecular weight excluding hydrogens is 208 g/mol. The number of hydrogen-bond donors (Lipinski definition) is 1. The topological polar surface area (TPSA) is 20.2 Å². The summed E-state index contributed by atoms with van der Waals surface area (Å²) in [4.78, 5) is 0. The van der Waals surface area contributed by atoms with Gasteiger partial charge in [0.1, 0.15) is 0 Å². The van der Waals surface area contributed by atoms with Gasteiger partial charge in [0, 0.05) is 0 Å². The normalized spacial score (nSPS) is 18.1. The van der Waals surface area contributed by atoms with E-state index in [-0.39, 0.29) is 6.10 Å². The van der Waals surface area contributed by atoms with Gasteiger partial charge < -0.3 is 5.11 Å². The van der Waals surface area contributed by atoms with E-state index < -0.39 is 0 Å². The molecule has 0 radical (unpaired) electrons. The minimum absolute atomic E-state index is 0.164. The first-order chi connectivity index (χ1) is 8.16. The molecule has 1 heteroatoms. The minimum Gasteiger partial charge on any atom is -0.393 e. The SMILES string of the molecule is CC(C)C(O)CCc1cccc(C2CCC2)c1. The van der Waals surface area contributed by atoms with Crippen molar-refractivity contribution in [2.24, 2.45) is 5.92 Å². The summed E-state index contributed by atoms with van der Waals surface area (Å²) >= 11 is 0. The van der Waals surface area contributed by atoms with Crippen molar-refractivity contribution in [3.63, 3.8) is 0 Å². The lowest BCUT2D eigenvalue weighted by Crippen LogP contribution is -2.15. The molecule has 0 aromatic heterocycles. The Hall–Kier alpha value is -0.820. The van der Waals surface area contributed by atoms with Crippen molar-refractivity contribution < 1.29 is 5.11 Å². The van der Waals surface area contributed by atoms with E-state index in [9.17, 15) is 5.11 Å². The molecule has 0 aliphatic heterocycles. The Kier molecular flexibility index (Phi) is 4.22. The van der Waals surface area contributed by atoms with Crippen LogP contribution in [0.5, 0.6) is 0 Å². The van der Waals surface area contributed by atoms with Crippen LogP contribution in [0.1, 0.15) is 56.6 Å². The Labute approximate surface area is 105 Å². The fraction of sp³-hybridized carbons (Fsp3) is 0.625. The highest BCUT2D eigenvalue weighted by Gasteiger charge is 2.19. The van der Waals surface area contributed by atoms with Crippen LogP contribution in [0.15, 0.2) is 24.3 Å². The van der Waals surface area contributed by atoms with Gasteiger partial charge in [-0.25, -0.2) is 0 Å². The molecule has 0 spiro atoms. The second kappa shape index (κ2) is 5.68. The van der Waals surface area contributed by atoms with Crippen LogP contribution in [0.4, 0.5) is 0 Å². The predicted octanol–water partition coefficient (Wildman–Crippen LogP) is 3.90. The Morgan fingerprint density at radius 2 is 2.06 bits per heavy atom. The van der Waals surface area contributed by atoms with Gasteiger partial charge in [-0.15, -0.1) is 0 Å². The maximum atomic E-state index is 9.82. The molecular formula is C16H24O. The monoisotopic (exact) mass is 232 g/mol. The number of aliphatic hydroxyl groups excluding tert-OH is 1. The third kappa shape index (κ3) is 3.32. The van der Waals surface area contributed by atoms with Gasteiger partial charge in [0.05, 0.1) is 6.10 Å². The minimum atomic E-state index is -0.164. The van der Waals surface area contributed by atoms with E-state index in [1.807, 2.05) is 0 Å². The van der Waals surface area contributed by atoms with Gasteiger partial charge in [0.25, 0.3) is 0 Å². The van der Waals surface area contributed by atoms with Crippen LogP contribution < -0.4 is 0 Å². The molecule has 17 heavy (non-hydrogen) atoms. The first kappa shape index (κ1) is 12.6. The summed E-state index contributed by atoms with van der Waals surface area (Å²) in [5, 5.41) is 9.82. The van der Waals surface area contributed by atoms with Gasteiger partial charge in [0.15, 0.2) is 0 Å². The van der Waals surface area contributed by atoms with Crippen molar-refractivity contribution in [2.45, 2.75) is 58.0 Å². The van der Waals surface area contributed by atoms with Gasteiger partial charge in [0.2, 0.25) is 0 Å². The Morgan fingerprint density at radius 3 is 2.65 bits per heavy atom. The van der Waals surface area contributed by atoms with Crippen LogP contribution in [0.3, 0.4) is 0 Å². The summed E-state index contributed by atoms with van der Waals surface area (Å²) in [5.41, 5.74) is 2.89. The summed E-state index contributed by atoms with van der Waals surface area (Å²) in [6, 6.07) is 8.96. The molecule has 1 saturated carbocycles. The van der Waals surface area contributed by atoms with E-state index in [2.05, 4.69) is 38.1 Å². The van der Waals surface area contributed by atoms with Crippen LogP contribution >= 0.6 is 0 Å². The first-order valence-corrected chi connectivity index (χ1v) is 6.93. The molecule has 1 unspecified atom stereocenters. The van der Waals surface area contributed by atoms with Gasteiger partial charge in [-0.05, 0) is 48.6 Å². The number of hydrogen-bond acceptors (Lipinski definition) is 1. The molecule has 1 aromatic rings. The fourth-order valence-electron chi connectivity index (χ4n) is 2.39. The largest absolute Gasteiger partial charge is 0.393 e. The highest BCUT2D eigenvalue weighted by Crippen LogP contribution is 2.36. The van der Waals surface area contributed by atoms with Crippen LogP contribution in [-0.2, 0) is 6.42 Å². The molecule has 0 amide bonds. The lowest BCUT2D eigenvalue weighted by Gasteiger charge is -2.26. The molecule has 0 heterocycles. The molecule has 1 aromatic carbocycles. The van der Waals surface area contributed by atoms with Crippen molar-refractivity contribution in [1.82, 2.24) is 0 Å². The van der Waals surface area contributed by atoms with E-state index in [1.54, 1.807) is 0 Å². The summed E-state index contributed by atoms with van der Waals surface area (Å²) in [7, 11) is 0. The number of rotatable bonds is 5. The zero-order valence-corrected chi connectivity index (χ0v) is 11.0. The average Bonchev–Trinajstić information content (AvgIpc) is 2.24. The molecule has 1 aliphatic rings. The lowest BCUT2D eigenvalue weighted by molar-refractivity contribution is 0.116. The molecule has 1 atom stereocenters. The number of aryl methyl sites for hydroxylation is 1. The van der Waals surface area contributed by atoms with Gasteiger partial charge in [-0.1, -0.05) is 44.5 Å². The van der Waals surface area contributed by atoms with Crippen LogP contribution in [-0.4, -0.2) is 11.2 Å². The zero-order chi connectivity index (χ0) is 12.3. The lowest BCUT2D eigenvalue weighted by atomic mass is 9.79. The van der Waals surface area contributed by atoms with Crippen LogP contribution in [0.25, 0.3) is 0 Å². The van der Waals surface area contributed by atoms with E-state index in [0.29, 0.717) is 5.92 Å². The smallest absolute Gasteiger partial charge is 0.0566 e. The van der Waals surface area contributed by atoms with Crippen molar-refractivity contribution in [3.8, 4) is 0 Å². The van der Waals surface area contributed by atoms with E-state index in [1.165, 1.54) is 30.4 Å². The van der Waals surface area contributed by atoms with Crippen molar-refractivity contribution in [1.29, 1.82) is 0 Å². The molecule has 0 saturated heterocycles. The van der Waals surface area contributed by atoms with E-state index in [0.717, 1.165) is 18.8 Å². The average molecular weight is 232 g/mol. The zero-order valence-electron chi connectivity index (χ0n) is 11.0. The third-order valence-electron chi connectivity index (χ3n) is 4.03. The summed E-state index contributed by atoms with van der Waals surface area (Å²) in [6.45, 7) is 4.16. The fourth-order valence-corrected chi connectivity index (χ4v) is 2.39. The first-order valence-electron chi connectivity index (χ1n) is 6.93. The summed E-state index contributed by atoms with van der Waals surface area (Å²) in [5.74, 6) is 1.18. The number of aliphatic hydroxyl groups is 1. The van der Waals surface area contributed by atoms with Crippen LogP contribution in [0.2, 0.25) is 0 Å². The third-order valence-corrected chi connectivity index (χ3v) is 4.03.